The summed E-state index contributed by atoms with van der Waals surface area (Å²) in [4.78, 5) is 0. The molecule has 14 heavy (non-hydrogen) atoms. The van der Waals surface area contributed by atoms with Gasteiger partial charge in [0, 0.05) is 19.4 Å². The van der Waals surface area contributed by atoms with Gasteiger partial charge in [0.1, 0.15) is 0 Å². The third kappa shape index (κ3) is 1.77. The zero-order chi connectivity index (χ0) is 10.0. The molecule has 0 aromatic heterocycles. The quantitative estimate of drug-likeness (QED) is 0.691. The van der Waals surface area contributed by atoms with Crippen molar-refractivity contribution in [2.75, 3.05) is 6.61 Å². The highest BCUT2D eigenvalue weighted by molar-refractivity contribution is 5.02. The smallest absolute Gasteiger partial charge is 0.0737 e. The maximum atomic E-state index is 8.57. The van der Waals surface area contributed by atoms with Gasteiger partial charge in [-0.15, -0.1) is 0 Å². The van der Waals surface area contributed by atoms with E-state index in [0.717, 1.165) is 32.3 Å². The van der Waals surface area contributed by atoms with Gasteiger partial charge >= 0.3 is 0 Å². The Morgan fingerprint density at radius 2 is 2.36 bits per heavy atom. The van der Waals surface area contributed by atoms with Crippen LogP contribution in [-0.2, 0) is 9.47 Å². The SMILES string of the molecule is CCOC1CC2(CCC(CC#N)O2)C1. The van der Waals surface area contributed by atoms with Crippen molar-refractivity contribution in [2.45, 2.75) is 56.8 Å². The van der Waals surface area contributed by atoms with E-state index >= 15 is 0 Å². The highest BCUT2D eigenvalue weighted by atomic mass is 16.5. The van der Waals surface area contributed by atoms with Crippen molar-refractivity contribution in [3.63, 3.8) is 0 Å². The summed E-state index contributed by atoms with van der Waals surface area (Å²) >= 11 is 0. The second-order valence-corrected chi connectivity index (χ2v) is 4.31. The van der Waals surface area contributed by atoms with Crippen molar-refractivity contribution in [2.24, 2.45) is 0 Å². The van der Waals surface area contributed by atoms with Gasteiger partial charge in [0.05, 0.1) is 30.3 Å². The standard InChI is InChI=1S/C11H17NO2/c1-2-13-10-7-11(8-10)5-3-9(14-11)4-6-12/h9-10H,2-5,7-8H2,1H3. The van der Waals surface area contributed by atoms with Crippen LogP contribution >= 0.6 is 0 Å². The molecule has 1 unspecified atom stereocenters. The van der Waals surface area contributed by atoms with Crippen LogP contribution in [0.4, 0.5) is 0 Å². The maximum Gasteiger partial charge on any atom is 0.0737 e. The van der Waals surface area contributed by atoms with Crippen LogP contribution in [0.15, 0.2) is 0 Å². The minimum atomic E-state index is 0.0847. The zero-order valence-corrected chi connectivity index (χ0v) is 8.66. The van der Waals surface area contributed by atoms with Crippen LogP contribution in [0.2, 0.25) is 0 Å². The summed E-state index contributed by atoms with van der Waals surface area (Å²) < 4.78 is 11.4. The fourth-order valence-electron chi connectivity index (χ4n) is 2.56. The van der Waals surface area contributed by atoms with Gasteiger partial charge in [-0.3, -0.25) is 0 Å². The molecule has 0 N–H and O–H groups in total. The van der Waals surface area contributed by atoms with Gasteiger partial charge in [0.15, 0.2) is 0 Å². The first kappa shape index (κ1) is 9.95. The summed E-state index contributed by atoms with van der Waals surface area (Å²) in [5.41, 5.74) is 0.0847. The van der Waals surface area contributed by atoms with Gasteiger partial charge in [0.25, 0.3) is 0 Å². The van der Waals surface area contributed by atoms with Crippen LogP contribution in [0.5, 0.6) is 0 Å². The third-order valence-electron chi connectivity index (χ3n) is 3.26. The second kappa shape index (κ2) is 3.88. The lowest BCUT2D eigenvalue weighted by Crippen LogP contribution is -2.48. The molecule has 1 aliphatic heterocycles. The molecule has 1 saturated carbocycles. The molecule has 2 aliphatic rings. The number of hydrogen-bond donors (Lipinski definition) is 0. The summed E-state index contributed by atoms with van der Waals surface area (Å²) in [6.07, 6.45) is 5.35. The number of hydrogen-bond acceptors (Lipinski definition) is 3. The lowest BCUT2D eigenvalue weighted by Gasteiger charge is -2.44. The van der Waals surface area contributed by atoms with E-state index < -0.39 is 0 Å². The van der Waals surface area contributed by atoms with Gasteiger partial charge in [-0.2, -0.15) is 5.26 Å². The van der Waals surface area contributed by atoms with Gasteiger partial charge in [0.2, 0.25) is 0 Å². The first-order chi connectivity index (χ1) is 6.78. The van der Waals surface area contributed by atoms with Crippen molar-refractivity contribution in [3.8, 4) is 6.07 Å². The van der Waals surface area contributed by atoms with Gasteiger partial charge in [-0.05, 0) is 19.8 Å². The van der Waals surface area contributed by atoms with Crippen molar-refractivity contribution >= 4 is 0 Å². The van der Waals surface area contributed by atoms with Crippen LogP contribution in [0, 0.1) is 11.3 Å². The van der Waals surface area contributed by atoms with Gasteiger partial charge in [-0.25, -0.2) is 0 Å². The zero-order valence-electron chi connectivity index (χ0n) is 8.66. The van der Waals surface area contributed by atoms with E-state index in [2.05, 4.69) is 6.07 Å². The Kier molecular flexibility index (Phi) is 2.76. The van der Waals surface area contributed by atoms with E-state index in [0.29, 0.717) is 12.5 Å². The summed E-state index contributed by atoms with van der Waals surface area (Å²) in [6, 6.07) is 2.18. The molecule has 0 aromatic carbocycles. The number of nitrogens with zero attached hydrogens (tertiary/aromatic N) is 1. The second-order valence-electron chi connectivity index (χ2n) is 4.31. The minimum absolute atomic E-state index is 0.0847. The fraction of sp³-hybridized carbons (Fsp3) is 0.909. The number of nitriles is 1. The van der Waals surface area contributed by atoms with Crippen LogP contribution in [0.3, 0.4) is 0 Å². The Labute approximate surface area is 85.0 Å². The highest BCUT2D eigenvalue weighted by Crippen LogP contribution is 2.47. The third-order valence-corrected chi connectivity index (χ3v) is 3.26. The van der Waals surface area contributed by atoms with Crippen LogP contribution < -0.4 is 0 Å². The molecule has 78 valence electrons. The Hall–Kier alpha value is -0.590. The van der Waals surface area contributed by atoms with Crippen LogP contribution in [0.1, 0.15) is 39.0 Å². The van der Waals surface area contributed by atoms with E-state index in [1.807, 2.05) is 6.92 Å². The van der Waals surface area contributed by atoms with E-state index in [1.165, 1.54) is 0 Å². The molecule has 0 radical (unpaired) electrons. The molecule has 1 heterocycles. The number of rotatable bonds is 3. The van der Waals surface area contributed by atoms with Crippen molar-refractivity contribution in [1.82, 2.24) is 0 Å². The van der Waals surface area contributed by atoms with Gasteiger partial charge in [-0.1, -0.05) is 0 Å². The molecule has 1 spiro atoms. The predicted molar refractivity (Wildman–Crippen MR) is 51.7 cm³/mol. The molecular weight excluding hydrogens is 178 g/mol. The van der Waals surface area contributed by atoms with Crippen molar-refractivity contribution in [1.29, 1.82) is 5.26 Å². The normalized spacial score (nSPS) is 40.9. The molecule has 0 amide bonds. The summed E-state index contributed by atoms with van der Waals surface area (Å²) in [5.74, 6) is 0. The molecule has 0 bridgehead atoms. The first-order valence-corrected chi connectivity index (χ1v) is 5.44. The molecular formula is C11H17NO2. The fourth-order valence-corrected chi connectivity index (χ4v) is 2.56. The highest BCUT2D eigenvalue weighted by Gasteiger charge is 2.50. The van der Waals surface area contributed by atoms with E-state index in [9.17, 15) is 0 Å². The average molecular weight is 195 g/mol. The van der Waals surface area contributed by atoms with Crippen molar-refractivity contribution < 1.29 is 9.47 Å². The average Bonchev–Trinajstić information content (AvgIpc) is 2.49. The monoisotopic (exact) mass is 195 g/mol. The Morgan fingerprint density at radius 1 is 1.57 bits per heavy atom. The molecule has 1 aliphatic carbocycles. The van der Waals surface area contributed by atoms with Crippen LogP contribution in [0.25, 0.3) is 0 Å². The molecule has 2 fully saturated rings. The Balaban J connectivity index is 1.77. The summed E-state index contributed by atoms with van der Waals surface area (Å²) in [5, 5.41) is 8.57. The topological polar surface area (TPSA) is 42.2 Å². The van der Waals surface area contributed by atoms with E-state index in [4.69, 9.17) is 14.7 Å². The predicted octanol–water partition coefficient (Wildman–Crippen LogP) is 2.02. The van der Waals surface area contributed by atoms with Crippen molar-refractivity contribution in [3.05, 3.63) is 0 Å². The minimum Gasteiger partial charge on any atom is -0.378 e. The Bertz CT molecular complexity index is 240. The molecule has 1 atom stereocenters. The van der Waals surface area contributed by atoms with Gasteiger partial charge < -0.3 is 9.47 Å². The van der Waals surface area contributed by atoms with E-state index in [1.54, 1.807) is 0 Å². The molecule has 2 rings (SSSR count). The van der Waals surface area contributed by atoms with E-state index in [-0.39, 0.29) is 11.7 Å². The lowest BCUT2D eigenvalue weighted by molar-refractivity contribution is -0.161. The largest absolute Gasteiger partial charge is 0.378 e. The lowest BCUT2D eigenvalue weighted by atomic mass is 9.75. The molecule has 3 heteroatoms. The first-order valence-electron chi connectivity index (χ1n) is 5.44. The molecule has 0 aromatic rings. The molecule has 3 nitrogen and oxygen atoms in total. The summed E-state index contributed by atoms with van der Waals surface area (Å²) in [6.45, 7) is 2.82. The molecule has 1 saturated heterocycles. The summed E-state index contributed by atoms with van der Waals surface area (Å²) in [7, 11) is 0. The van der Waals surface area contributed by atoms with Crippen LogP contribution in [-0.4, -0.2) is 24.4 Å². The Morgan fingerprint density at radius 3 is 3.00 bits per heavy atom. The number of ether oxygens (including phenoxy) is 2. The maximum absolute atomic E-state index is 8.57.